The van der Waals surface area contributed by atoms with Gasteiger partial charge in [0, 0.05) is 12.7 Å². The van der Waals surface area contributed by atoms with Crippen LogP contribution >= 0.6 is 11.8 Å². The van der Waals surface area contributed by atoms with Gasteiger partial charge in [-0.05, 0) is 18.4 Å². The van der Waals surface area contributed by atoms with Gasteiger partial charge in [-0.25, -0.2) is 4.98 Å². The average Bonchev–Trinajstić information content (AvgIpc) is 2.97. The van der Waals surface area contributed by atoms with E-state index in [1.54, 1.807) is 4.52 Å². The van der Waals surface area contributed by atoms with Crippen molar-refractivity contribution in [2.45, 2.75) is 5.16 Å². The van der Waals surface area contributed by atoms with Gasteiger partial charge in [0.1, 0.15) is 0 Å². The summed E-state index contributed by atoms with van der Waals surface area (Å²) >= 11 is 1.43. The summed E-state index contributed by atoms with van der Waals surface area (Å²) < 4.78 is 1.58. The van der Waals surface area contributed by atoms with E-state index in [4.69, 9.17) is 0 Å². The molecule has 0 atom stereocenters. The molecule has 3 aromatic rings. The predicted octanol–water partition coefficient (Wildman–Crippen LogP) is 2.43. The van der Waals surface area contributed by atoms with E-state index in [9.17, 15) is 4.79 Å². The zero-order chi connectivity index (χ0) is 14.8. The Kier molecular flexibility index (Phi) is 3.57. The Balaban J connectivity index is 2.21. The Morgan fingerprint density at radius 1 is 1.24 bits per heavy atom. The summed E-state index contributed by atoms with van der Waals surface area (Å²) in [6, 6.07) is 9.84. The maximum absolute atomic E-state index is 11.1. The molecule has 0 radical (unpaired) electrons. The van der Waals surface area contributed by atoms with Crippen LogP contribution in [0.25, 0.3) is 5.65 Å². The van der Waals surface area contributed by atoms with Gasteiger partial charge < -0.3 is 4.90 Å². The molecule has 21 heavy (non-hydrogen) atoms. The molecule has 0 saturated carbocycles. The lowest BCUT2D eigenvalue weighted by Gasteiger charge is -2.19. The number of rotatable bonds is 4. The molecule has 0 bridgehead atoms. The molecule has 0 unspecified atom stereocenters. The summed E-state index contributed by atoms with van der Waals surface area (Å²) in [5, 5.41) is 4.82. The summed E-state index contributed by atoms with van der Waals surface area (Å²) in [7, 11) is 1.91. The summed E-state index contributed by atoms with van der Waals surface area (Å²) in [6.07, 6.45) is 4.16. The fourth-order valence-electron chi connectivity index (χ4n) is 2.02. The first-order valence-electron chi connectivity index (χ1n) is 6.28. The van der Waals surface area contributed by atoms with Crippen molar-refractivity contribution in [3.63, 3.8) is 0 Å². The minimum absolute atomic E-state index is 0.454. The number of thioether (sulfide) groups is 1. The van der Waals surface area contributed by atoms with Gasteiger partial charge >= 0.3 is 0 Å². The highest BCUT2D eigenvalue weighted by atomic mass is 32.2. The number of benzene rings is 1. The largest absolute Gasteiger partial charge is 0.313 e. The minimum Gasteiger partial charge on any atom is -0.313 e. The smallest absolute Gasteiger partial charge is 0.235 e. The van der Waals surface area contributed by atoms with E-state index < -0.39 is 0 Å². The second-order valence-electron chi connectivity index (χ2n) is 4.36. The molecule has 0 spiro atoms. The molecular weight excluding hydrogens is 286 g/mol. The number of aromatic nitrogens is 4. The number of hydrogen-bond donors (Lipinski definition) is 0. The van der Waals surface area contributed by atoms with Crippen molar-refractivity contribution >= 4 is 35.3 Å². The molecule has 2 heterocycles. The summed E-state index contributed by atoms with van der Waals surface area (Å²) in [6.45, 7) is 0. The molecule has 7 heteroatoms. The molecule has 0 fully saturated rings. The van der Waals surface area contributed by atoms with Gasteiger partial charge in [-0.3, -0.25) is 4.79 Å². The van der Waals surface area contributed by atoms with Crippen LogP contribution in [0, 0.1) is 0 Å². The lowest BCUT2D eigenvalue weighted by molar-refractivity contribution is 0.112. The van der Waals surface area contributed by atoms with E-state index in [0.717, 1.165) is 12.0 Å². The standard InChI is InChI=1S/C14H13N5OS/c1-18(11-6-4-3-5-7-11)14-17-13(21-2)16-12-10(9-20)8-15-19(12)14/h3-9H,1-2H3. The predicted molar refractivity (Wildman–Crippen MR) is 82.5 cm³/mol. The fraction of sp³-hybridized carbons (Fsp3) is 0.143. The molecule has 0 aliphatic rings. The van der Waals surface area contributed by atoms with E-state index in [1.807, 2.05) is 48.5 Å². The van der Waals surface area contributed by atoms with Crippen LogP contribution in [-0.4, -0.2) is 39.2 Å². The summed E-state index contributed by atoms with van der Waals surface area (Å²) in [5.74, 6) is 0.614. The van der Waals surface area contributed by atoms with Crippen molar-refractivity contribution in [2.75, 3.05) is 18.2 Å². The first-order chi connectivity index (χ1) is 10.2. The highest BCUT2D eigenvalue weighted by molar-refractivity contribution is 7.98. The Bertz CT molecular complexity index is 787. The van der Waals surface area contributed by atoms with Crippen molar-refractivity contribution in [1.29, 1.82) is 0 Å². The molecule has 6 nitrogen and oxygen atoms in total. The highest BCUT2D eigenvalue weighted by Gasteiger charge is 2.16. The second-order valence-corrected chi connectivity index (χ2v) is 5.13. The zero-order valence-corrected chi connectivity index (χ0v) is 12.4. The maximum Gasteiger partial charge on any atom is 0.235 e. The monoisotopic (exact) mass is 299 g/mol. The molecular formula is C14H13N5OS. The highest BCUT2D eigenvalue weighted by Crippen LogP contribution is 2.24. The third-order valence-corrected chi connectivity index (χ3v) is 3.66. The molecule has 0 N–H and O–H groups in total. The van der Waals surface area contributed by atoms with Crippen molar-refractivity contribution in [3.8, 4) is 0 Å². The quantitative estimate of drug-likeness (QED) is 0.544. The normalized spacial score (nSPS) is 10.8. The van der Waals surface area contributed by atoms with E-state index in [2.05, 4.69) is 15.1 Å². The van der Waals surface area contributed by atoms with Gasteiger partial charge in [0.15, 0.2) is 17.1 Å². The first-order valence-corrected chi connectivity index (χ1v) is 7.51. The lowest BCUT2D eigenvalue weighted by atomic mass is 10.3. The maximum atomic E-state index is 11.1. The van der Waals surface area contributed by atoms with E-state index >= 15 is 0 Å². The number of nitrogens with zero attached hydrogens (tertiary/aromatic N) is 5. The second kappa shape index (κ2) is 5.53. The Morgan fingerprint density at radius 2 is 2.00 bits per heavy atom. The van der Waals surface area contributed by atoms with Crippen molar-refractivity contribution in [3.05, 3.63) is 42.1 Å². The summed E-state index contributed by atoms with van der Waals surface area (Å²) in [5.41, 5.74) is 1.95. The molecule has 0 aliphatic heterocycles. The van der Waals surface area contributed by atoms with Gasteiger partial charge in [-0.1, -0.05) is 30.0 Å². The average molecular weight is 299 g/mol. The van der Waals surface area contributed by atoms with E-state index in [0.29, 0.717) is 22.3 Å². The molecule has 2 aromatic heterocycles. The van der Waals surface area contributed by atoms with Crippen molar-refractivity contribution < 1.29 is 4.79 Å². The van der Waals surface area contributed by atoms with Gasteiger partial charge in [0.05, 0.1) is 11.8 Å². The molecule has 3 rings (SSSR count). The van der Waals surface area contributed by atoms with Crippen LogP contribution in [0.4, 0.5) is 11.6 Å². The Labute approximate surface area is 125 Å². The van der Waals surface area contributed by atoms with Crippen LogP contribution in [0.15, 0.2) is 41.7 Å². The minimum atomic E-state index is 0.454. The SMILES string of the molecule is CSc1nc(N(C)c2ccccc2)n2ncc(C=O)c2n1. The van der Waals surface area contributed by atoms with E-state index in [1.165, 1.54) is 18.0 Å². The van der Waals surface area contributed by atoms with Crippen LogP contribution < -0.4 is 4.90 Å². The Hall–Kier alpha value is -2.41. The van der Waals surface area contributed by atoms with Crippen molar-refractivity contribution in [1.82, 2.24) is 19.6 Å². The number of fused-ring (bicyclic) bond motifs is 1. The number of para-hydroxylation sites is 1. The van der Waals surface area contributed by atoms with Crippen LogP contribution in [0.3, 0.4) is 0 Å². The number of carbonyl (C=O) groups excluding carboxylic acids is 1. The van der Waals surface area contributed by atoms with Gasteiger partial charge in [0.2, 0.25) is 5.95 Å². The molecule has 0 saturated heterocycles. The first kappa shape index (κ1) is 13.6. The van der Waals surface area contributed by atoms with Gasteiger partial charge in [-0.15, -0.1) is 0 Å². The fourth-order valence-corrected chi connectivity index (χ4v) is 2.37. The summed E-state index contributed by atoms with van der Waals surface area (Å²) in [4.78, 5) is 21.9. The molecule has 0 amide bonds. The van der Waals surface area contributed by atoms with Crippen LogP contribution in [-0.2, 0) is 0 Å². The number of carbonyl (C=O) groups is 1. The lowest BCUT2D eigenvalue weighted by Crippen LogP contribution is -2.17. The van der Waals surface area contributed by atoms with Gasteiger partial charge in [0.25, 0.3) is 0 Å². The van der Waals surface area contributed by atoms with Gasteiger partial charge in [-0.2, -0.15) is 14.6 Å². The van der Waals surface area contributed by atoms with Crippen LogP contribution in [0.5, 0.6) is 0 Å². The van der Waals surface area contributed by atoms with Crippen LogP contribution in [0.1, 0.15) is 10.4 Å². The molecule has 0 aliphatic carbocycles. The van der Waals surface area contributed by atoms with Crippen LogP contribution in [0.2, 0.25) is 0 Å². The number of hydrogen-bond acceptors (Lipinski definition) is 6. The Morgan fingerprint density at radius 3 is 2.67 bits per heavy atom. The zero-order valence-electron chi connectivity index (χ0n) is 11.6. The molecule has 1 aromatic carbocycles. The third-order valence-electron chi connectivity index (χ3n) is 3.11. The molecule has 106 valence electrons. The number of anilines is 2. The topological polar surface area (TPSA) is 63.4 Å². The van der Waals surface area contributed by atoms with E-state index in [-0.39, 0.29) is 0 Å². The third kappa shape index (κ3) is 2.36. The number of aldehydes is 1. The van der Waals surface area contributed by atoms with Crippen molar-refractivity contribution in [2.24, 2.45) is 0 Å².